The smallest absolute Gasteiger partial charge is 0.133 e. The number of rotatable bonds is 6. The fourth-order valence-corrected chi connectivity index (χ4v) is 1.97. The van der Waals surface area contributed by atoms with Gasteiger partial charge in [-0.15, -0.1) is 0 Å². The zero-order valence-corrected chi connectivity index (χ0v) is 11.0. The average Bonchev–Trinajstić information content (AvgIpc) is 2.39. The van der Waals surface area contributed by atoms with Crippen LogP contribution >= 0.6 is 0 Å². The van der Waals surface area contributed by atoms with Crippen LogP contribution in [0.3, 0.4) is 0 Å². The van der Waals surface area contributed by atoms with Crippen LogP contribution in [0, 0.1) is 0 Å². The van der Waals surface area contributed by atoms with E-state index in [0.29, 0.717) is 13.2 Å². The number of nitrogens with one attached hydrogen (secondary N) is 1. The van der Waals surface area contributed by atoms with Gasteiger partial charge in [-0.3, -0.25) is 0 Å². The van der Waals surface area contributed by atoms with Gasteiger partial charge in [-0.25, -0.2) is 4.98 Å². The van der Waals surface area contributed by atoms with E-state index in [1.807, 2.05) is 12.1 Å². The topological polar surface area (TPSA) is 80.4 Å². The standard InChI is InChI=1S/C14H19N3O2/c1-19-9-11(15)5-7-17-14-13-8-12(18)3-2-10(13)4-6-16-14/h2-4,6,8,11,18H,5,7,9,15H2,1H3,(H,16,17). The maximum absolute atomic E-state index is 9.55. The molecule has 0 bridgehead atoms. The quantitative estimate of drug-likeness (QED) is 0.737. The lowest BCUT2D eigenvalue weighted by Gasteiger charge is -2.12. The number of pyridine rings is 1. The zero-order valence-electron chi connectivity index (χ0n) is 11.0. The predicted molar refractivity (Wildman–Crippen MR) is 76.4 cm³/mol. The SMILES string of the molecule is COCC(N)CCNc1nccc2ccc(O)cc12. The summed E-state index contributed by atoms with van der Waals surface area (Å²) in [6, 6.07) is 7.17. The van der Waals surface area contributed by atoms with Gasteiger partial charge in [0.05, 0.1) is 6.61 Å². The summed E-state index contributed by atoms with van der Waals surface area (Å²) in [5, 5.41) is 14.7. The molecule has 1 aromatic heterocycles. The largest absolute Gasteiger partial charge is 0.508 e. The number of phenols is 1. The molecule has 0 saturated heterocycles. The Morgan fingerprint density at radius 1 is 1.42 bits per heavy atom. The van der Waals surface area contributed by atoms with Crippen LogP contribution in [0.2, 0.25) is 0 Å². The first kappa shape index (κ1) is 13.6. The van der Waals surface area contributed by atoms with E-state index in [1.54, 1.807) is 25.4 Å². The zero-order chi connectivity index (χ0) is 13.7. The molecule has 5 heteroatoms. The third-order valence-corrected chi connectivity index (χ3v) is 2.94. The second-order valence-electron chi connectivity index (χ2n) is 4.50. The molecule has 102 valence electrons. The Labute approximate surface area is 112 Å². The summed E-state index contributed by atoms with van der Waals surface area (Å²) in [5.41, 5.74) is 5.86. The minimum absolute atomic E-state index is 0.0147. The molecule has 4 N–H and O–H groups in total. The van der Waals surface area contributed by atoms with Crippen molar-refractivity contribution < 1.29 is 9.84 Å². The van der Waals surface area contributed by atoms with Gasteiger partial charge in [0.1, 0.15) is 11.6 Å². The third kappa shape index (κ3) is 3.56. The molecule has 2 rings (SSSR count). The summed E-state index contributed by atoms with van der Waals surface area (Å²) in [6.45, 7) is 1.26. The highest BCUT2D eigenvalue weighted by atomic mass is 16.5. The monoisotopic (exact) mass is 261 g/mol. The Morgan fingerprint density at radius 2 is 2.26 bits per heavy atom. The van der Waals surface area contributed by atoms with Gasteiger partial charge in [0.15, 0.2) is 0 Å². The molecule has 0 aliphatic carbocycles. The van der Waals surface area contributed by atoms with Crippen LogP contribution in [0.5, 0.6) is 5.75 Å². The van der Waals surface area contributed by atoms with Gasteiger partial charge in [0, 0.05) is 31.3 Å². The molecule has 1 unspecified atom stereocenters. The number of hydrogen-bond donors (Lipinski definition) is 3. The summed E-state index contributed by atoms with van der Waals surface area (Å²) < 4.78 is 4.99. The number of nitrogens with zero attached hydrogens (tertiary/aromatic N) is 1. The summed E-state index contributed by atoms with van der Waals surface area (Å²) in [6.07, 6.45) is 2.54. The molecule has 1 aromatic carbocycles. The summed E-state index contributed by atoms with van der Waals surface area (Å²) in [7, 11) is 1.64. The molecule has 0 aliphatic heterocycles. The number of benzene rings is 1. The normalized spacial score (nSPS) is 12.5. The molecule has 0 aliphatic rings. The van der Waals surface area contributed by atoms with E-state index in [-0.39, 0.29) is 11.8 Å². The Bertz CT molecular complexity index is 545. The number of methoxy groups -OCH3 is 1. The van der Waals surface area contributed by atoms with Crippen molar-refractivity contribution in [3.63, 3.8) is 0 Å². The molecule has 19 heavy (non-hydrogen) atoms. The second-order valence-corrected chi connectivity index (χ2v) is 4.50. The van der Waals surface area contributed by atoms with Crippen molar-refractivity contribution in [2.45, 2.75) is 12.5 Å². The van der Waals surface area contributed by atoms with Crippen LogP contribution in [0.1, 0.15) is 6.42 Å². The first-order chi connectivity index (χ1) is 9.20. The Kier molecular flexibility index (Phi) is 4.54. The van der Waals surface area contributed by atoms with E-state index >= 15 is 0 Å². The molecule has 0 fully saturated rings. The van der Waals surface area contributed by atoms with Crippen molar-refractivity contribution in [2.75, 3.05) is 25.6 Å². The van der Waals surface area contributed by atoms with Crippen molar-refractivity contribution in [2.24, 2.45) is 5.73 Å². The Balaban J connectivity index is 2.06. The van der Waals surface area contributed by atoms with Crippen molar-refractivity contribution in [3.05, 3.63) is 30.5 Å². The van der Waals surface area contributed by atoms with Crippen LogP contribution in [0.15, 0.2) is 30.5 Å². The number of nitrogens with two attached hydrogens (primary N) is 1. The second kappa shape index (κ2) is 6.36. The van der Waals surface area contributed by atoms with E-state index in [0.717, 1.165) is 23.0 Å². The van der Waals surface area contributed by atoms with Gasteiger partial charge in [0.2, 0.25) is 0 Å². The molecular formula is C14H19N3O2. The lowest BCUT2D eigenvalue weighted by atomic mass is 10.1. The minimum atomic E-state index is 0.0147. The van der Waals surface area contributed by atoms with Gasteiger partial charge in [-0.05, 0) is 30.0 Å². The van der Waals surface area contributed by atoms with Gasteiger partial charge in [0.25, 0.3) is 0 Å². The van der Waals surface area contributed by atoms with Crippen molar-refractivity contribution in [3.8, 4) is 5.75 Å². The number of aromatic nitrogens is 1. The summed E-state index contributed by atoms with van der Waals surface area (Å²) in [4.78, 5) is 4.30. The number of aromatic hydroxyl groups is 1. The number of hydrogen-bond acceptors (Lipinski definition) is 5. The molecule has 1 heterocycles. The summed E-state index contributed by atoms with van der Waals surface area (Å²) >= 11 is 0. The Hall–Kier alpha value is -1.85. The third-order valence-electron chi connectivity index (χ3n) is 2.94. The van der Waals surface area contributed by atoms with Crippen molar-refractivity contribution in [1.29, 1.82) is 0 Å². The van der Waals surface area contributed by atoms with Crippen LogP contribution in [0.4, 0.5) is 5.82 Å². The lowest BCUT2D eigenvalue weighted by Crippen LogP contribution is -2.28. The fraction of sp³-hybridized carbons (Fsp3) is 0.357. The first-order valence-corrected chi connectivity index (χ1v) is 6.27. The van der Waals surface area contributed by atoms with Gasteiger partial charge >= 0.3 is 0 Å². The molecule has 0 spiro atoms. The van der Waals surface area contributed by atoms with E-state index in [1.165, 1.54) is 0 Å². The van der Waals surface area contributed by atoms with Crippen LogP contribution in [0.25, 0.3) is 10.8 Å². The van der Waals surface area contributed by atoms with Gasteiger partial charge < -0.3 is 20.9 Å². The van der Waals surface area contributed by atoms with Gasteiger partial charge in [-0.1, -0.05) is 6.07 Å². The van der Waals surface area contributed by atoms with Crippen LogP contribution in [-0.2, 0) is 4.74 Å². The van der Waals surface area contributed by atoms with Crippen molar-refractivity contribution >= 4 is 16.6 Å². The molecule has 5 nitrogen and oxygen atoms in total. The summed E-state index contributed by atoms with van der Waals surface area (Å²) in [5.74, 6) is 0.998. The highest BCUT2D eigenvalue weighted by molar-refractivity contribution is 5.92. The lowest BCUT2D eigenvalue weighted by molar-refractivity contribution is 0.178. The van der Waals surface area contributed by atoms with E-state index in [4.69, 9.17) is 10.5 Å². The molecular weight excluding hydrogens is 242 g/mol. The van der Waals surface area contributed by atoms with E-state index in [9.17, 15) is 5.11 Å². The molecule has 2 aromatic rings. The molecule has 1 atom stereocenters. The van der Waals surface area contributed by atoms with Gasteiger partial charge in [-0.2, -0.15) is 0 Å². The Morgan fingerprint density at radius 3 is 3.05 bits per heavy atom. The predicted octanol–water partition coefficient (Wildman–Crippen LogP) is 1.72. The number of ether oxygens (including phenoxy) is 1. The fourth-order valence-electron chi connectivity index (χ4n) is 1.97. The molecule has 0 saturated carbocycles. The highest BCUT2D eigenvalue weighted by Gasteiger charge is 2.05. The first-order valence-electron chi connectivity index (χ1n) is 6.27. The van der Waals surface area contributed by atoms with Crippen LogP contribution < -0.4 is 11.1 Å². The minimum Gasteiger partial charge on any atom is -0.508 e. The molecule has 0 radical (unpaired) electrons. The van der Waals surface area contributed by atoms with Crippen molar-refractivity contribution in [1.82, 2.24) is 4.98 Å². The van der Waals surface area contributed by atoms with E-state index < -0.39 is 0 Å². The van der Waals surface area contributed by atoms with E-state index in [2.05, 4.69) is 10.3 Å². The van der Waals surface area contributed by atoms with Crippen LogP contribution in [-0.4, -0.2) is 36.4 Å². The molecule has 0 amide bonds. The number of anilines is 1. The highest BCUT2D eigenvalue weighted by Crippen LogP contribution is 2.24. The number of fused-ring (bicyclic) bond motifs is 1. The average molecular weight is 261 g/mol. The maximum Gasteiger partial charge on any atom is 0.133 e. The maximum atomic E-state index is 9.55. The number of phenolic OH excluding ortho intramolecular Hbond substituents is 1.